The summed E-state index contributed by atoms with van der Waals surface area (Å²) < 4.78 is 0. The molecule has 2 rings (SSSR count). The monoisotopic (exact) mass is 173 g/mol. The summed E-state index contributed by atoms with van der Waals surface area (Å²) in [5.74, 6) is 0.139. The van der Waals surface area contributed by atoms with Crippen molar-refractivity contribution < 1.29 is 4.79 Å². The summed E-state index contributed by atoms with van der Waals surface area (Å²) in [5, 5.41) is 3.06. The van der Waals surface area contributed by atoms with Crippen molar-refractivity contribution in [3.8, 4) is 0 Å². The summed E-state index contributed by atoms with van der Waals surface area (Å²) in [6.07, 6.45) is 0. The minimum absolute atomic E-state index is 0.139. The summed E-state index contributed by atoms with van der Waals surface area (Å²) in [7, 11) is 1.84. The van der Waals surface area contributed by atoms with E-state index in [0.29, 0.717) is 0 Å². The Morgan fingerprint density at radius 1 is 1.15 bits per heavy atom. The molecule has 0 amide bonds. The molecule has 0 bridgehead atoms. The van der Waals surface area contributed by atoms with Gasteiger partial charge in [0.25, 0.3) is 0 Å². The molecule has 0 aliphatic heterocycles. The van der Waals surface area contributed by atoms with Crippen LogP contribution in [0.2, 0.25) is 0 Å². The van der Waals surface area contributed by atoms with Crippen LogP contribution in [0.15, 0.2) is 29.8 Å². The first-order valence-electron chi connectivity index (χ1n) is 4.28. The molecule has 13 heavy (non-hydrogen) atoms. The Hall–Kier alpha value is -1.57. The number of carbonyl (C=O) groups is 1. The third-order valence-corrected chi connectivity index (χ3v) is 2.41. The number of ketones is 1. The highest BCUT2D eigenvalue weighted by atomic mass is 16.1. The minimum atomic E-state index is 0.139. The quantitative estimate of drug-likeness (QED) is 0.702. The van der Waals surface area contributed by atoms with Crippen molar-refractivity contribution >= 4 is 11.5 Å². The van der Waals surface area contributed by atoms with Crippen LogP contribution >= 0.6 is 0 Å². The third kappa shape index (κ3) is 0.985. The SMILES string of the molecule is CNC1=C(C)C(=O)c2ccccc21. The zero-order chi connectivity index (χ0) is 9.42. The second kappa shape index (κ2) is 2.73. The van der Waals surface area contributed by atoms with Crippen molar-refractivity contribution in [2.24, 2.45) is 0 Å². The Bertz CT molecular complexity index is 404. The van der Waals surface area contributed by atoms with E-state index in [9.17, 15) is 4.79 Å². The first kappa shape index (κ1) is 8.05. The average Bonchev–Trinajstić information content (AvgIpc) is 2.41. The zero-order valence-corrected chi connectivity index (χ0v) is 7.72. The first-order chi connectivity index (χ1) is 6.25. The lowest BCUT2D eigenvalue weighted by Gasteiger charge is -2.02. The molecule has 0 saturated heterocycles. The molecule has 1 N–H and O–H groups in total. The number of fused-ring (bicyclic) bond motifs is 1. The summed E-state index contributed by atoms with van der Waals surface area (Å²) in [5.41, 5.74) is 3.60. The Morgan fingerprint density at radius 2 is 1.77 bits per heavy atom. The van der Waals surface area contributed by atoms with Gasteiger partial charge in [-0.1, -0.05) is 24.3 Å². The predicted octanol–water partition coefficient (Wildman–Crippen LogP) is 1.83. The van der Waals surface area contributed by atoms with Crippen molar-refractivity contribution in [1.29, 1.82) is 0 Å². The molecule has 0 radical (unpaired) electrons. The topological polar surface area (TPSA) is 29.1 Å². The van der Waals surface area contributed by atoms with Gasteiger partial charge in [0, 0.05) is 29.4 Å². The van der Waals surface area contributed by atoms with Crippen molar-refractivity contribution in [2.75, 3.05) is 7.05 Å². The number of benzene rings is 1. The first-order valence-corrected chi connectivity index (χ1v) is 4.28. The highest BCUT2D eigenvalue weighted by Crippen LogP contribution is 2.29. The smallest absolute Gasteiger partial charge is 0.191 e. The fraction of sp³-hybridized carbons (Fsp3) is 0.182. The lowest BCUT2D eigenvalue weighted by molar-refractivity contribution is 0.103. The summed E-state index contributed by atoms with van der Waals surface area (Å²) in [4.78, 5) is 11.7. The van der Waals surface area contributed by atoms with E-state index in [0.717, 1.165) is 22.4 Å². The standard InChI is InChI=1S/C11H11NO/c1-7-10(12-2)8-5-3-4-6-9(8)11(7)13/h3-6,12H,1-2H3. The molecule has 1 aromatic carbocycles. The Labute approximate surface area is 77.3 Å². The number of hydrogen-bond donors (Lipinski definition) is 1. The molecule has 0 atom stereocenters. The Kier molecular flexibility index (Phi) is 1.69. The van der Waals surface area contributed by atoms with Gasteiger partial charge in [0.2, 0.25) is 0 Å². The predicted molar refractivity (Wildman–Crippen MR) is 52.4 cm³/mol. The van der Waals surface area contributed by atoms with E-state index in [1.165, 1.54) is 0 Å². The van der Waals surface area contributed by atoms with Gasteiger partial charge >= 0.3 is 0 Å². The molecular weight excluding hydrogens is 162 g/mol. The summed E-state index contributed by atoms with van der Waals surface area (Å²) in [6, 6.07) is 7.67. The third-order valence-electron chi connectivity index (χ3n) is 2.41. The van der Waals surface area contributed by atoms with Crippen LogP contribution in [0.5, 0.6) is 0 Å². The molecule has 0 aromatic heterocycles. The van der Waals surface area contributed by atoms with E-state index in [4.69, 9.17) is 0 Å². The number of nitrogens with one attached hydrogen (secondary N) is 1. The van der Waals surface area contributed by atoms with Gasteiger partial charge in [-0.2, -0.15) is 0 Å². The van der Waals surface area contributed by atoms with Crippen molar-refractivity contribution in [2.45, 2.75) is 6.92 Å². The largest absolute Gasteiger partial charge is 0.387 e. The molecule has 2 nitrogen and oxygen atoms in total. The van der Waals surface area contributed by atoms with Gasteiger partial charge in [-0.25, -0.2) is 0 Å². The fourth-order valence-electron chi connectivity index (χ4n) is 1.74. The molecule has 66 valence electrons. The van der Waals surface area contributed by atoms with Crippen LogP contribution in [-0.2, 0) is 0 Å². The maximum absolute atomic E-state index is 11.7. The van der Waals surface area contributed by atoms with Gasteiger partial charge in [-0.05, 0) is 6.92 Å². The molecule has 0 spiro atoms. The summed E-state index contributed by atoms with van der Waals surface area (Å²) >= 11 is 0. The van der Waals surface area contributed by atoms with Crippen LogP contribution in [0, 0.1) is 0 Å². The van der Waals surface area contributed by atoms with Gasteiger partial charge < -0.3 is 5.32 Å². The van der Waals surface area contributed by atoms with E-state index >= 15 is 0 Å². The van der Waals surface area contributed by atoms with Gasteiger partial charge in [0.1, 0.15) is 0 Å². The van der Waals surface area contributed by atoms with Crippen molar-refractivity contribution in [1.82, 2.24) is 5.32 Å². The number of carbonyl (C=O) groups excluding carboxylic acids is 1. The van der Waals surface area contributed by atoms with E-state index in [1.807, 2.05) is 38.2 Å². The molecule has 2 heteroatoms. The summed E-state index contributed by atoms with van der Waals surface area (Å²) in [6.45, 7) is 1.86. The number of rotatable bonds is 1. The molecule has 0 heterocycles. The molecule has 1 aromatic rings. The van der Waals surface area contributed by atoms with Crippen LogP contribution in [0.25, 0.3) is 5.70 Å². The van der Waals surface area contributed by atoms with E-state index in [1.54, 1.807) is 0 Å². The van der Waals surface area contributed by atoms with Gasteiger partial charge in [-0.3, -0.25) is 4.79 Å². The van der Waals surface area contributed by atoms with E-state index < -0.39 is 0 Å². The van der Waals surface area contributed by atoms with Crippen LogP contribution in [0.1, 0.15) is 22.8 Å². The molecular formula is C11H11NO. The van der Waals surface area contributed by atoms with Crippen molar-refractivity contribution in [3.63, 3.8) is 0 Å². The maximum atomic E-state index is 11.7. The molecule has 1 aliphatic carbocycles. The number of hydrogen-bond acceptors (Lipinski definition) is 2. The maximum Gasteiger partial charge on any atom is 0.191 e. The lowest BCUT2D eigenvalue weighted by atomic mass is 10.1. The second-order valence-corrected chi connectivity index (χ2v) is 3.12. The van der Waals surface area contributed by atoms with E-state index in [2.05, 4.69) is 5.32 Å². The molecule has 0 saturated carbocycles. The van der Waals surface area contributed by atoms with Crippen molar-refractivity contribution in [3.05, 3.63) is 41.0 Å². The van der Waals surface area contributed by atoms with Crippen LogP contribution in [0.4, 0.5) is 0 Å². The minimum Gasteiger partial charge on any atom is -0.387 e. The average molecular weight is 173 g/mol. The normalized spacial score (nSPS) is 14.8. The van der Waals surface area contributed by atoms with Gasteiger partial charge in [0.15, 0.2) is 5.78 Å². The van der Waals surface area contributed by atoms with Crippen LogP contribution in [0.3, 0.4) is 0 Å². The lowest BCUT2D eigenvalue weighted by Crippen LogP contribution is -2.04. The molecule has 1 aliphatic rings. The Morgan fingerprint density at radius 3 is 2.38 bits per heavy atom. The highest BCUT2D eigenvalue weighted by Gasteiger charge is 2.24. The number of allylic oxidation sites excluding steroid dienone is 1. The second-order valence-electron chi connectivity index (χ2n) is 3.12. The van der Waals surface area contributed by atoms with Gasteiger partial charge in [0.05, 0.1) is 0 Å². The van der Waals surface area contributed by atoms with E-state index in [-0.39, 0.29) is 5.78 Å². The molecule has 0 unspecified atom stereocenters. The fourth-order valence-corrected chi connectivity index (χ4v) is 1.74. The zero-order valence-electron chi connectivity index (χ0n) is 7.72. The molecule has 0 fully saturated rings. The van der Waals surface area contributed by atoms with Crippen LogP contribution < -0.4 is 5.32 Å². The Balaban J connectivity index is 2.67. The van der Waals surface area contributed by atoms with Gasteiger partial charge in [-0.15, -0.1) is 0 Å². The highest BCUT2D eigenvalue weighted by molar-refractivity contribution is 6.19. The number of Topliss-reactive ketones (excluding diaryl/α,β-unsaturated/α-hetero) is 1. The van der Waals surface area contributed by atoms with Crippen LogP contribution in [-0.4, -0.2) is 12.8 Å².